The average molecular weight is 228 g/mol. The van der Waals surface area contributed by atoms with E-state index in [1.807, 2.05) is 0 Å². The molecule has 7 heteroatoms. The molecule has 0 amide bonds. The molecule has 0 saturated carbocycles. The number of aromatic nitrogens is 2. The van der Waals surface area contributed by atoms with E-state index in [1.165, 1.54) is 0 Å². The zero-order chi connectivity index (χ0) is 12.1. The fourth-order valence-corrected chi connectivity index (χ4v) is 1.11. The molecule has 0 aromatic carbocycles. The molecular formula is C9H12N2O5. The summed E-state index contributed by atoms with van der Waals surface area (Å²) >= 11 is 0. The first-order chi connectivity index (χ1) is 7.56. The maximum Gasteiger partial charge on any atom is 0.373 e. The lowest BCUT2D eigenvalue weighted by atomic mass is 10.1. The van der Waals surface area contributed by atoms with Crippen molar-refractivity contribution in [2.24, 2.45) is 0 Å². The molecule has 7 nitrogen and oxygen atoms in total. The second kappa shape index (κ2) is 5.50. The van der Waals surface area contributed by atoms with Gasteiger partial charge in [0.15, 0.2) is 0 Å². The fourth-order valence-electron chi connectivity index (χ4n) is 1.11. The molecule has 88 valence electrons. The van der Waals surface area contributed by atoms with Crippen molar-refractivity contribution in [3.8, 4) is 0 Å². The van der Waals surface area contributed by atoms with Crippen LogP contribution in [0, 0.1) is 0 Å². The molecule has 0 saturated heterocycles. The number of aliphatic hydroxyl groups is 3. The average Bonchev–Trinajstić information content (AvgIpc) is 2.28. The van der Waals surface area contributed by atoms with Gasteiger partial charge in [-0.15, -0.1) is 0 Å². The largest absolute Gasteiger partial charge is 0.475 e. The van der Waals surface area contributed by atoms with Gasteiger partial charge < -0.3 is 20.4 Å². The summed E-state index contributed by atoms with van der Waals surface area (Å²) in [4.78, 5) is 17.4. The van der Waals surface area contributed by atoms with Crippen LogP contribution in [0.3, 0.4) is 0 Å². The second-order valence-electron chi connectivity index (χ2n) is 3.17. The van der Waals surface area contributed by atoms with Crippen LogP contribution in [0.15, 0.2) is 12.4 Å². The molecule has 1 aromatic heterocycles. The number of hydrogen-bond donors (Lipinski definition) is 4. The van der Waals surface area contributed by atoms with Gasteiger partial charge in [-0.05, 0) is 6.42 Å². The van der Waals surface area contributed by atoms with Crippen molar-refractivity contribution < 1.29 is 25.2 Å². The van der Waals surface area contributed by atoms with E-state index in [4.69, 9.17) is 10.2 Å². The van der Waals surface area contributed by atoms with Gasteiger partial charge in [-0.25, -0.2) is 14.8 Å². The van der Waals surface area contributed by atoms with E-state index in [0.717, 1.165) is 12.4 Å². The molecular weight excluding hydrogens is 216 g/mol. The normalized spacial score (nSPS) is 14.4. The minimum Gasteiger partial charge on any atom is -0.475 e. The van der Waals surface area contributed by atoms with Crippen molar-refractivity contribution in [2.45, 2.75) is 18.6 Å². The Bertz CT molecular complexity index is 353. The van der Waals surface area contributed by atoms with Crippen LogP contribution in [0.2, 0.25) is 0 Å². The molecule has 1 heterocycles. The highest BCUT2D eigenvalue weighted by Crippen LogP contribution is 2.16. The van der Waals surface area contributed by atoms with Crippen LogP contribution in [0.4, 0.5) is 0 Å². The van der Waals surface area contributed by atoms with Crippen LogP contribution >= 0.6 is 0 Å². The Morgan fingerprint density at radius 3 is 2.31 bits per heavy atom. The SMILES string of the molecule is O=C(O)c1ncc(C(O)C(O)CCO)cn1. The van der Waals surface area contributed by atoms with Crippen LogP contribution in [-0.2, 0) is 0 Å². The van der Waals surface area contributed by atoms with Gasteiger partial charge in [0.05, 0.1) is 6.10 Å². The van der Waals surface area contributed by atoms with Crippen LogP contribution in [0.5, 0.6) is 0 Å². The molecule has 1 aromatic rings. The van der Waals surface area contributed by atoms with Crippen molar-refractivity contribution in [3.05, 3.63) is 23.8 Å². The lowest BCUT2D eigenvalue weighted by Crippen LogP contribution is -2.20. The van der Waals surface area contributed by atoms with E-state index in [1.54, 1.807) is 0 Å². The molecule has 0 aliphatic rings. The third-order valence-corrected chi connectivity index (χ3v) is 1.99. The molecule has 4 N–H and O–H groups in total. The molecule has 2 atom stereocenters. The monoisotopic (exact) mass is 228 g/mol. The quantitative estimate of drug-likeness (QED) is 0.507. The van der Waals surface area contributed by atoms with E-state index < -0.39 is 18.2 Å². The Labute approximate surface area is 91.0 Å². The summed E-state index contributed by atoms with van der Waals surface area (Å²) in [6, 6.07) is 0. The molecule has 2 unspecified atom stereocenters. The molecule has 16 heavy (non-hydrogen) atoms. The van der Waals surface area contributed by atoms with Gasteiger partial charge in [0.2, 0.25) is 5.82 Å². The van der Waals surface area contributed by atoms with E-state index in [-0.39, 0.29) is 24.4 Å². The van der Waals surface area contributed by atoms with Crippen molar-refractivity contribution in [3.63, 3.8) is 0 Å². The Morgan fingerprint density at radius 2 is 1.88 bits per heavy atom. The van der Waals surface area contributed by atoms with Gasteiger partial charge in [-0.2, -0.15) is 0 Å². The Morgan fingerprint density at radius 1 is 1.31 bits per heavy atom. The lowest BCUT2D eigenvalue weighted by molar-refractivity contribution is 0.00381. The molecule has 1 rings (SSSR count). The van der Waals surface area contributed by atoms with Crippen molar-refractivity contribution in [1.29, 1.82) is 0 Å². The summed E-state index contributed by atoms with van der Waals surface area (Å²) < 4.78 is 0. The number of rotatable bonds is 5. The first kappa shape index (κ1) is 12.5. The number of aliphatic hydroxyl groups excluding tert-OH is 3. The summed E-state index contributed by atoms with van der Waals surface area (Å²) in [5, 5.41) is 36.0. The van der Waals surface area contributed by atoms with Crippen molar-refractivity contribution in [1.82, 2.24) is 9.97 Å². The summed E-state index contributed by atoms with van der Waals surface area (Å²) in [6.07, 6.45) is -0.107. The number of nitrogens with zero attached hydrogens (tertiary/aromatic N) is 2. The number of hydrogen-bond acceptors (Lipinski definition) is 6. The van der Waals surface area contributed by atoms with Gasteiger partial charge in [-0.1, -0.05) is 0 Å². The number of carbonyl (C=O) groups is 1. The smallest absolute Gasteiger partial charge is 0.373 e. The first-order valence-corrected chi connectivity index (χ1v) is 4.58. The predicted molar refractivity (Wildman–Crippen MR) is 51.7 cm³/mol. The maximum atomic E-state index is 10.4. The topological polar surface area (TPSA) is 124 Å². The van der Waals surface area contributed by atoms with Crippen molar-refractivity contribution in [2.75, 3.05) is 6.61 Å². The predicted octanol–water partition coefficient (Wildman–Crippen LogP) is -1.05. The van der Waals surface area contributed by atoms with Gasteiger partial charge in [0.25, 0.3) is 0 Å². The van der Waals surface area contributed by atoms with Gasteiger partial charge >= 0.3 is 5.97 Å². The fraction of sp³-hybridized carbons (Fsp3) is 0.444. The lowest BCUT2D eigenvalue weighted by Gasteiger charge is -2.16. The van der Waals surface area contributed by atoms with Crippen LogP contribution < -0.4 is 0 Å². The highest BCUT2D eigenvalue weighted by atomic mass is 16.4. The van der Waals surface area contributed by atoms with E-state index >= 15 is 0 Å². The third kappa shape index (κ3) is 2.96. The molecule has 0 aliphatic carbocycles. The minimum absolute atomic E-state index is 0.0157. The van der Waals surface area contributed by atoms with Crippen LogP contribution in [0.25, 0.3) is 0 Å². The van der Waals surface area contributed by atoms with Crippen LogP contribution in [-0.4, -0.2) is 49.1 Å². The molecule has 0 radical (unpaired) electrons. The van der Waals surface area contributed by atoms with Gasteiger partial charge in [0, 0.05) is 24.6 Å². The Balaban J connectivity index is 2.77. The highest BCUT2D eigenvalue weighted by molar-refractivity contribution is 5.82. The number of carboxylic acids is 1. The van der Waals surface area contributed by atoms with Gasteiger partial charge in [0.1, 0.15) is 6.10 Å². The summed E-state index contributed by atoms with van der Waals surface area (Å²) in [7, 11) is 0. The van der Waals surface area contributed by atoms with Crippen molar-refractivity contribution >= 4 is 5.97 Å². The minimum atomic E-state index is -1.27. The molecule has 0 spiro atoms. The Hall–Kier alpha value is -1.57. The summed E-state index contributed by atoms with van der Waals surface area (Å²) in [6.45, 7) is -0.258. The zero-order valence-electron chi connectivity index (χ0n) is 8.32. The third-order valence-electron chi connectivity index (χ3n) is 1.99. The Kier molecular flexibility index (Phi) is 4.29. The standard InChI is InChI=1S/C9H12N2O5/c12-2-1-6(13)7(14)5-3-10-8(9(15)16)11-4-5/h3-4,6-7,12-14H,1-2H2,(H,15,16). The maximum absolute atomic E-state index is 10.4. The zero-order valence-corrected chi connectivity index (χ0v) is 8.32. The first-order valence-electron chi connectivity index (χ1n) is 4.58. The van der Waals surface area contributed by atoms with E-state index in [0.29, 0.717) is 0 Å². The second-order valence-corrected chi connectivity index (χ2v) is 3.17. The molecule has 0 aliphatic heterocycles. The number of carboxylic acid groups (broad SMARTS) is 1. The van der Waals surface area contributed by atoms with E-state index in [9.17, 15) is 15.0 Å². The van der Waals surface area contributed by atoms with Gasteiger partial charge in [-0.3, -0.25) is 0 Å². The highest BCUT2D eigenvalue weighted by Gasteiger charge is 2.19. The summed E-state index contributed by atoms with van der Waals surface area (Å²) in [5.74, 6) is -1.65. The molecule has 0 bridgehead atoms. The number of aromatic carboxylic acids is 1. The van der Waals surface area contributed by atoms with Crippen LogP contribution in [0.1, 0.15) is 28.7 Å². The van der Waals surface area contributed by atoms with E-state index in [2.05, 4.69) is 9.97 Å². The molecule has 0 fully saturated rings. The summed E-state index contributed by atoms with van der Waals surface area (Å²) in [5.41, 5.74) is 0.200.